The Kier molecular flexibility index (Phi) is 6.58. The van der Waals surface area contributed by atoms with Crippen molar-refractivity contribution in [3.8, 4) is 0 Å². The number of esters is 1. The number of carbonyl (C=O) groups is 1. The molecule has 0 radical (unpaired) electrons. The summed E-state index contributed by atoms with van der Waals surface area (Å²) in [5, 5.41) is 19.5. The Morgan fingerprint density at radius 2 is 2.29 bits per heavy atom. The van der Waals surface area contributed by atoms with Crippen LogP contribution in [0.25, 0.3) is 0 Å². The summed E-state index contributed by atoms with van der Waals surface area (Å²) in [5.41, 5.74) is 0.539. The minimum atomic E-state index is -0.871. The Bertz CT molecular complexity index is 411. The van der Waals surface area contributed by atoms with Crippen LogP contribution in [0.4, 0.5) is 0 Å². The fraction of sp³-hybridized carbons (Fsp3) is 0.688. The summed E-state index contributed by atoms with van der Waals surface area (Å²) >= 11 is 0. The number of carbonyl (C=O) groups excluding carboxylic acids is 1. The van der Waals surface area contributed by atoms with Gasteiger partial charge in [-0.25, -0.2) is 9.68 Å². The first-order chi connectivity index (χ1) is 9.81. The quantitative estimate of drug-likeness (QED) is 0.327. The van der Waals surface area contributed by atoms with Gasteiger partial charge in [0.25, 0.3) is 0 Å². The van der Waals surface area contributed by atoms with Gasteiger partial charge in [-0.15, -0.1) is 0 Å². The molecule has 0 aromatic rings. The fourth-order valence-electron chi connectivity index (χ4n) is 2.73. The molecule has 5 heteroatoms. The van der Waals surface area contributed by atoms with Crippen molar-refractivity contribution in [1.29, 1.82) is 0 Å². The van der Waals surface area contributed by atoms with Gasteiger partial charge < -0.3 is 9.84 Å². The number of hydrogen-bond donors (Lipinski definition) is 2. The van der Waals surface area contributed by atoms with Gasteiger partial charge in [-0.3, -0.25) is 5.26 Å². The number of methoxy groups -OCH3 is 1. The second kappa shape index (κ2) is 7.73. The van der Waals surface area contributed by atoms with Crippen LogP contribution in [0.5, 0.6) is 0 Å². The number of aliphatic hydroxyl groups is 1. The molecule has 1 aliphatic rings. The summed E-state index contributed by atoms with van der Waals surface area (Å²) in [6.07, 6.45) is 4.41. The zero-order chi connectivity index (χ0) is 16.0. The molecule has 0 bridgehead atoms. The molecule has 0 saturated carbocycles. The molecule has 0 aromatic heterocycles. The van der Waals surface area contributed by atoms with Crippen molar-refractivity contribution in [2.24, 2.45) is 5.92 Å². The molecule has 0 fully saturated rings. The van der Waals surface area contributed by atoms with Crippen LogP contribution in [-0.4, -0.2) is 35.1 Å². The lowest BCUT2D eigenvalue weighted by atomic mass is 9.76. The van der Waals surface area contributed by atoms with Crippen molar-refractivity contribution in [3.05, 3.63) is 23.8 Å². The Labute approximate surface area is 126 Å². The number of rotatable bonds is 7. The van der Waals surface area contributed by atoms with Crippen LogP contribution in [0, 0.1) is 5.92 Å². The lowest BCUT2D eigenvalue weighted by Gasteiger charge is -2.35. The van der Waals surface area contributed by atoms with Crippen molar-refractivity contribution in [1.82, 2.24) is 0 Å². The first-order valence-electron chi connectivity index (χ1n) is 7.27. The van der Waals surface area contributed by atoms with Gasteiger partial charge in [0, 0.05) is 5.57 Å². The van der Waals surface area contributed by atoms with Crippen molar-refractivity contribution >= 4 is 5.97 Å². The van der Waals surface area contributed by atoms with Crippen molar-refractivity contribution < 1.29 is 24.8 Å². The number of ether oxygens (including phenoxy) is 1. The van der Waals surface area contributed by atoms with E-state index in [0.29, 0.717) is 31.3 Å². The molecule has 120 valence electrons. The van der Waals surface area contributed by atoms with Gasteiger partial charge in [0.1, 0.15) is 6.10 Å². The van der Waals surface area contributed by atoms with Crippen LogP contribution >= 0.6 is 0 Å². The maximum atomic E-state index is 11.4. The molecule has 0 unspecified atom stereocenters. The Balaban J connectivity index is 2.58. The summed E-state index contributed by atoms with van der Waals surface area (Å²) in [5.74, 6) is -0.209. The highest BCUT2D eigenvalue weighted by Gasteiger charge is 2.34. The first-order valence-corrected chi connectivity index (χ1v) is 7.27. The summed E-state index contributed by atoms with van der Waals surface area (Å²) in [4.78, 5) is 15.8. The highest BCUT2D eigenvalue weighted by atomic mass is 17.1. The highest BCUT2D eigenvalue weighted by molar-refractivity contribution is 5.88. The van der Waals surface area contributed by atoms with E-state index in [-0.39, 0.29) is 11.9 Å². The summed E-state index contributed by atoms with van der Waals surface area (Å²) < 4.78 is 4.71. The van der Waals surface area contributed by atoms with Crippen LogP contribution in [0.3, 0.4) is 0 Å². The highest BCUT2D eigenvalue weighted by Crippen LogP contribution is 2.35. The summed E-state index contributed by atoms with van der Waals surface area (Å²) in [7, 11) is 1.37. The predicted molar refractivity (Wildman–Crippen MR) is 79.6 cm³/mol. The molecule has 0 saturated heterocycles. The molecule has 2 N–H and O–H groups in total. The van der Waals surface area contributed by atoms with Gasteiger partial charge in [-0.1, -0.05) is 12.7 Å². The van der Waals surface area contributed by atoms with Gasteiger partial charge in [-0.2, -0.15) is 0 Å². The lowest BCUT2D eigenvalue weighted by molar-refractivity contribution is -0.271. The lowest BCUT2D eigenvalue weighted by Crippen LogP contribution is -2.37. The zero-order valence-electron chi connectivity index (χ0n) is 13.1. The second-order valence-electron chi connectivity index (χ2n) is 6.03. The average Bonchev–Trinajstić information content (AvgIpc) is 2.46. The molecule has 0 aromatic carbocycles. The third-order valence-corrected chi connectivity index (χ3v) is 4.33. The molecule has 0 spiro atoms. The van der Waals surface area contributed by atoms with Crippen LogP contribution in [0.1, 0.15) is 46.0 Å². The topological polar surface area (TPSA) is 76.0 Å². The van der Waals surface area contributed by atoms with E-state index in [0.717, 1.165) is 12.0 Å². The van der Waals surface area contributed by atoms with E-state index in [9.17, 15) is 9.90 Å². The molecule has 1 rings (SSSR count). The molecule has 21 heavy (non-hydrogen) atoms. The van der Waals surface area contributed by atoms with E-state index >= 15 is 0 Å². The average molecular weight is 298 g/mol. The van der Waals surface area contributed by atoms with E-state index in [2.05, 4.69) is 11.5 Å². The van der Waals surface area contributed by atoms with Crippen LogP contribution in [0.15, 0.2) is 23.8 Å². The van der Waals surface area contributed by atoms with E-state index < -0.39 is 11.7 Å². The van der Waals surface area contributed by atoms with Crippen molar-refractivity contribution in [2.45, 2.75) is 57.7 Å². The molecule has 0 heterocycles. The van der Waals surface area contributed by atoms with Crippen LogP contribution < -0.4 is 0 Å². The fourth-order valence-corrected chi connectivity index (χ4v) is 2.73. The van der Waals surface area contributed by atoms with Gasteiger partial charge in [0.2, 0.25) is 0 Å². The van der Waals surface area contributed by atoms with Gasteiger partial charge in [-0.05, 0) is 57.4 Å². The molecule has 1 aliphatic carbocycles. The van der Waals surface area contributed by atoms with Gasteiger partial charge in [0.05, 0.1) is 12.7 Å². The first kappa shape index (κ1) is 17.9. The monoisotopic (exact) mass is 298 g/mol. The SMILES string of the molecule is C=C(C)[C@H](CC[C@](C)(O)[C@@H]1CC=C(C(=O)OC)CC1)OO. The molecular weight excluding hydrogens is 272 g/mol. The summed E-state index contributed by atoms with van der Waals surface area (Å²) in [6, 6.07) is 0. The molecule has 3 atom stereocenters. The molecule has 0 aliphatic heterocycles. The molecule has 5 nitrogen and oxygen atoms in total. The van der Waals surface area contributed by atoms with E-state index in [1.807, 2.05) is 6.08 Å². The standard InChI is InChI=1S/C16H26O5/c1-11(2)14(21-19)9-10-16(3,18)13-7-5-12(6-8-13)15(17)20-4/h5,13-14,18-19H,1,6-10H2,2-4H3/t13-,14+,16+/m1/s1. The smallest absolute Gasteiger partial charge is 0.333 e. The number of hydrogen-bond acceptors (Lipinski definition) is 5. The minimum absolute atomic E-state index is 0.0790. The third kappa shape index (κ3) is 4.95. The Morgan fingerprint density at radius 3 is 2.71 bits per heavy atom. The van der Waals surface area contributed by atoms with E-state index in [4.69, 9.17) is 9.99 Å². The van der Waals surface area contributed by atoms with E-state index in [1.165, 1.54) is 7.11 Å². The normalized spacial score (nSPS) is 22.9. The predicted octanol–water partition coefficient (Wildman–Crippen LogP) is 2.85. The van der Waals surface area contributed by atoms with Gasteiger partial charge in [0.15, 0.2) is 0 Å². The largest absolute Gasteiger partial charge is 0.466 e. The Hall–Kier alpha value is -1.17. The van der Waals surface area contributed by atoms with Crippen LogP contribution in [0.2, 0.25) is 0 Å². The zero-order valence-corrected chi connectivity index (χ0v) is 13.1. The molecular formula is C16H26O5. The van der Waals surface area contributed by atoms with Crippen LogP contribution in [-0.2, 0) is 14.4 Å². The number of allylic oxidation sites excluding steroid dienone is 1. The van der Waals surface area contributed by atoms with Crippen molar-refractivity contribution in [2.75, 3.05) is 7.11 Å². The summed E-state index contributed by atoms with van der Waals surface area (Å²) in [6.45, 7) is 7.32. The second-order valence-corrected chi connectivity index (χ2v) is 6.03. The maximum Gasteiger partial charge on any atom is 0.333 e. The minimum Gasteiger partial charge on any atom is -0.466 e. The van der Waals surface area contributed by atoms with E-state index in [1.54, 1.807) is 13.8 Å². The molecule has 0 amide bonds. The van der Waals surface area contributed by atoms with Crippen molar-refractivity contribution in [3.63, 3.8) is 0 Å². The Morgan fingerprint density at radius 1 is 1.62 bits per heavy atom. The maximum absolute atomic E-state index is 11.4. The third-order valence-electron chi connectivity index (χ3n) is 4.33. The van der Waals surface area contributed by atoms with Gasteiger partial charge >= 0.3 is 5.97 Å².